The topological polar surface area (TPSA) is 101 Å². The molecule has 0 aromatic heterocycles. The highest BCUT2D eigenvalue weighted by Crippen LogP contribution is 2.23. The Bertz CT molecular complexity index is 988. The summed E-state index contributed by atoms with van der Waals surface area (Å²) in [7, 11) is -3.86. The third kappa shape index (κ3) is 4.02. The lowest BCUT2D eigenvalue weighted by atomic mass is 10.2. The standard InChI is InChI=1S/C17H16BrN3O5S/c18-16-7-2-1-6-15(16)17(22)19-8-10-20(11-9-19)27(25,26)14-5-3-4-13(12-14)21(23)24/h1-7,12H,8-11H2. The van der Waals surface area contributed by atoms with Gasteiger partial charge in [-0.1, -0.05) is 18.2 Å². The number of piperazine rings is 1. The Labute approximate surface area is 164 Å². The van der Waals surface area contributed by atoms with Gasteiger partial charge in [0.25, 0.3) is 11.6 Å². The normalized spacial score (nSPS) is 15.5. The number of sulfonamides is 1. The molecule has 0 spiro atoms. The number of nitrogens with zero attached hydrogens (tertiary/aromatic N) is 3. The fraction of sp³-hybridized carbons (Fsp3) is 0.235. The molecular formula is C17H16BrN3O5S. The highest BCUT2D eigenvalue weighted by molar-refractivity contribution is 9.10. The first-order chi connectivity index (χ1) is 12.8. The summed E-state index contributed by atoms with van der Waals surface area (Å²) in [5.74, 6) is -0.171. The van der Waals surface area contributed by atoms with E-state index in [1.165, 1.54) is 22.5 Å². The average Bonchev–Trinajstić information content (AvgIpc) is 2.68. The average molecular weight is 454 g/mol. The molecule has 1 fully saturated rings. The predicted molar refractivity (Wildman–Crippen MR) is 102 cm³/mol. The fourth-order valence-electron chi connectivity index (χ4n) is 2.84. The van der Waals surface area contributed by atoms with Crippen molar-refractivity contribution in [1.29, 1.82) is 0 Å². The first kappa shape index (κ1) is 19.5. The Morgan fingerprint density at radius 2 is 1.70 bits per heavy atom. The van der Waals surface area contributed by atoms with Gasteiger partial charge in [0, 0.05) is 42.8 Å². The number of carbonyl (C=O) groups is 1. The Balaban J connectivity index is 1.73. The SMILES string of the molecule is O=C(c1ccccc1Br)N1CCN(S(=O)(=O)c2cccc([N+](=O)[O-])c2)CC1. The minimum Gasteiger partial charge on any atom is -0.336 e. The molecule has 2 aromatic carbocycles. The summed E-state index contributed by atoms with van der Waals surface area (Å²) < 4.78 is 27.4. The monoisotopic (exact) mass is 453 g/mol. The first-order valence-corrected chi connectivity index (χ1v) is 10.3. The van der Waals surface area contributed by atoms with Gasteiger partial charge in [-0.15, -0.1) is 0 Å². The quantitative estimate of drug-likeness (QED) is 0.522. The Morgan fingerprint density at radius 1 is 1.04 bits per heavy atom. The van der Waals surface area contributed by atoms with Crippen LogP contribution >= 0.6 is 15.9 Å². The van der Waals surface area contributed by atoms with E-state index >= 15 is 0 Å². The minimum absolute atomic E-state index is 0.123. The summed E-state index contributed by atoms with van der Waals surface area (Å²) in [5.41, 5.74) is 0.242. The maximum atomic E-state index is 12.8. The molecule has 10 heteroatoms. The lowest BCUT2D eigenvalue weighted by Gasteiger charge is -2.34. The molecule has 1 amide bonds. The molecule has 27 heavy (non-hydrogen) atoms. The molecule has 2 aromatic rings. The number of rotatable bonds is 4. The number of hydrogen-bond acceptors (Lipinski definition) is 5. The van der Waals surface area contributed by atoms with Crippen molar-refractivity contribution < 1.29 is 18.1 Å². The molecule has 0 radical (unpaired) electrons. The number of carbonyl (C=O) groups excluding carboxylic acids is 1. The van der Waals surface area contributed by atoms with Crippen molar-refractivity contribution in [2.75, 3.05) is 26.2 Å². The van der Waals surface area contributed by atoms with Gasteiger partial charge in [-0.05, 0) is 34.1 Å². The Kier molecular flexibility index (Phi) is 5.59. The number of benzene rings is 2. The van der Waals surface area contributed by atoms with E-state index in [1.807, 2.05) is 6.07 Å². The van der Waals surface area contributed by atoms with E-state index in [0.717, 1.165) is 6.07 Å². The van der Waals surface area contributed by atoms with Gasteiger partial charge in [-0.3, -0.25) is 14.9 Å². The van der Waals surface area contributed by atoms with Crippen LogP contribution in [0.5, 0.6) is 0 Å². The number of halogens is 1. The molecule has 1 heterocycles. The molecule has 0 atom stereocenters. The molecule has 0 unspecified atom stereocenters. The second-order valence-electron chi connectivity index (χ2n) is 5.93. The van der Waals surface area contributed by atoms with Crippen LogP contribution in [-0.2, 0) is 10.0 Å². The largest absolute Gasteiger partial charge is 0.336 e. The number of amides is 1. The van der Waals surface area contributed by atoms with E-state index in [4.69, 9.17) is 0 Å². The van der Waals surface area contributed by atoms with Crippen molar-refractivity contribution in [2.24, 2.45) is 0 Å². The van der Waals surface area contributed by atoms with Gasteiger partial charge in [0.05, 0.1) is 15.4 Å². The van der Waals surface area contributed by atoms with E-state index in [-0.39, 0.29) is 42.7 Å². The van der Waals surface area contributed by atoms with Gasteiger partial charge in [0.15, 0.2) is 0 Å². The molecule has 0 N–H and O–H groups in total. The van der Waals surface area contributed by atoms with Gasteiger partial charge in [0.1, 0.15) is 0 Å². The summed E-state index contributed by atoms with van der Waals surface area (Å²) in [4.78, 5) is 24.3. The Morgan fingerprint density at radius 3 is 2.33 bits per heavy atom. The van der Waals surface area contributed by atoms with Gasteiger partial charge in [0.2, 0.25) is 10.0 Å². The molecule has 0 saturated carbocycles. The second-order valence-corrected chi connectivity index (χ2v) is 8.72. The third-order valence-corrected chi connectivity index (χ3v) is 6.88. The van der Waals surface area contributed by atoms with Crippen LogP contribution in [0.2, 0.25) is 0 Å². The number of nitro groups is 1. The van der Waals surface area contributed by atoms with Crippen LogP contribution in [0, 0.1) is 10.1 Å². The van der Waals surface area contributed by atoms with Crippen LogP contribution in [0.4, 0.5) is 5.69 Å². The molecule has 0 aliphatic carbocycles. The van der Waals surface area contributed by atoms with Crippen LogP contribution in [0.15, 0.2) is 57.9 Å². The van der Waals surface area contributed by atoms with Gasteiger partial charge in [-0.2, -0.15) is 4.31 Å². The van der Waals surface area contributed by atoms with Crippen LogP contribution in [-0.4, -0.2) is 54.6 Å². The van der Waals surface area contributed by atoms with E-state index in [1.54, 1.807) is 23.1 Å². The molecule has 1 aliphatic heterocycles. The zero-order valence-electron chi connectivity index (χ0n) is 14.1. The third-order valence-electron chi connectivity index (χ3n) is 4.30. The number of nitro benzene ring substituents is 1. The van der Waals surface area contributed by atoms with E-state index < -0.39 is 14.9 Å². The smallest absolute Gasteiger partial charge is 0.270 e. The van der Waals surface area contributed by atoms with Crippen molar-refractivity contribution in [1.82, 2.24) is 9.21 Å². The van der Waals surface area contributed by atoms with E-state index in [9.17, 15) is 23.3 Å². The molecule has 142 valence electrons. The van der Waals surface area contributed by atoms with Crippen LogP contribution in [0.25, 0.3) is 0 Å². The van der Waals surface area contributed by atoms with Gasteiger partial charge >= 0.3 is 0 Å². The minimum atomic E-state index is -3.86. The number of hydrogen-bond donors (Lipinski definition) is 0. The maximum absolute atomic E-state index is 12.8. The molecule has 8 nitrogen and oxygen atoms in total. The second kappa shape index (κ2) is 7.75. The Hall–Kier alpha value is -2.30. The summed E-state index contributed by atoms with van der Waals surface area (Å²) in [6.07, 6.45) is 0. The van der Waals surface area contributed by atoms with Crippen molar-refractivity contribution in [3.63, 3.8) is 0 Å². The van der Waals surface area contributed by atoms with Gasteiger partial charge in [-0.25, -0.2) is 8.42 Å². The van der Waals surface area contributed by atoms with Crippen LogP contribution in [0.1, 0.15) is 10.4 Å². The first-order valence-electron chi connectivity index (χ1n) is 8.09. The molecule has 0 bridgehead atoms. The summed E-state index contributed by atoms with van der Waals surface area (Å²) >= 11 is 3.35. The zero-order chi connectivity index (χ0) is 19.6. The highest BCUT2D eigenvalue weighted by atomic mass is 79.9. The summed E-state index contributed by atoms with van der Waals surface area (Å²) in [5, 5.41) is 10.9. The van der Waals surface area contributed by atoms with E-state index in [2.05, 4.69) is 15.9 Å². The van der Waals surface area contributed by atoms with Gasteiger partial charge < -0.3 is 4.90 Å². The molecule has 3 rings (SSSR count). The summed E-state index contributed by atoms with van der Waals surface area (Å²) in [6, 6.07) is 12.0. The van der Waals surface area contributed by atoms with Crippen molar-refractivity contribution in [3.05, 3.63) is 68.7 Å². The molecule has 1 aliphatic rings. The summed E-state index contributed by atoms with van der Waals surface area (Å²) in [6.45, 7) is 0.741. The lowest BCUT2D eigenvalue weighted by molar-refractivity contribution is -0.385. The van der Waals surface area contributed by atoms with E-state index in [0.29, 0.717) is 10.0 Å². The zero-order valence-corrected chi connectivity index (χ0v) is 16.5. The maximum Gasteiger partial charge on any atom is 0.270 e. The molecule has 1 saturated heterocycles. The van der Waals surface area contributed by atoms with Crippen molar-refractivity contribution in [3.8, 4) is 0 Å². The van der Waals surface area contributed by atoms with Crippen LogP contribution < -0.4 is 0 Å². The van der Waals surface area contributed by atoms with Crippen molar-refractivity contribution >= 4 is 37.5 Å². The lowest BCUT2D eigenvalue weighted by Crippen LogP contribution is -2.50. The highest BCUT2D eigenvalue weighted by Gasteiger charge is 2.31. The number of non-ortho nitro benzene ring substituents is 1. The van der Waals surface area contributed by atoms with Crippen LogP contribution in [0.3, 0.4) is 0 Å². The predicted octanol–water partition coefficient (Wildman–Crippen LogP) is 2.50. The molecular weight excluding hydrogens is 438 g/mol. The fourth-order valence-corrected chi connectivity index (χ4v) is 4.76. The van der Waals surface area contributed by atoms with Crippen molar-refractivity contribution in [2.45, 2.75) is 4.90 Å².